The van der Waals surface area contributed by atoms with Crippen molar-refractivity contribution in [3.63, 3.8) is 0 Å². The van der Waals surface area contributed by atoms with Crippen molar-refractivity contribution in [1.82, 2.24) is 5.32 Å². The number of nitrogens with one attached hydrogen (secondary N) is 1. The zero-order valence-electron chi connectivity index (χ0n) is 10.1. The van der Waals surface area contributed by atoms with Crippen LogP contribution in [-0.4, -0.2) is 36.6 Å². The minimum Gasteiger partial charge on any atom is -0.480 e. The number of amides is 1. The van der Waals surface area contributed by atoms with Gasteiger partial charge in [-0.25, -0.2) is 0 Å². The van der Waals surface area contributed by atoms with Crippen molar-refractivity contribution in [2.45, 2.75) is 0 Å². The van der Waals surface area contributed by atoms with Crippen molar-refractivity contribution in [2.24, 2.45) is 0 Å². The molecule has 0 heterocycles. The Morgan fingerprint density at radius 2 is 1.95 bits per heavy atom. The predicted octanol–water partition coefficient (Wildman–Crippen LogP) is 0.980. The normalized spacial score (nSPS) is 9.47. The van der Waals surface area contributed by atoms with E-state index < -0.39 is 5.97 Å². The second-order valence-corrected chi connectivity index (χ2v) is 4.14. The number of carboxylic acids is 1. The summed E-state index contributed by atoms with van der Waals surface area (Å²) in [6.45, 7) is -0.263. The van der Waals surface area contributed by atoms with Crippen LogP contribution in [0.4, 0.5) is 5.69 Å². The second kappa shape index (κ2) is 7.29. The van der Waals surface area contributed by atoms with Crippen LogP contribution in [-0.2, 0) is 9.59 Å². The van der Waals surface area contributed by atoms with E-state index in [1.54, 1.807) is 24.3 Å². The number of benzene rings is 1. The maximum atomic E-state index is 11.6. The number of anilines is 1. The van der Waals surface area contributed by atoms with Gasteiger partial charge in [0.2, 0.25) is 5.91 Å². The fourth-order valence-corrected chi connectivity index (χ4v) is 1.56. The van der Waals surface area contributed by atoms with E-state index in [1.165, 1.54) is 4.90 Å². The highest BCUT2D eigenvalue weighted by atomic mass is 35.5. The number of hydrogen-bond acceptors (Lipinski definition) is 3. The van der Waals surface area contributed by atoms with E-state index in [9.17, 15) is 9.59 Å². The number of terminal acetylenes is 1. The van der Waals surface area contributed by atoms with Crippen LogP contribution in [0.5, 0.6) is 0 Å². The summed E-state index contributed by atoms with van der Waals surface area (Å²) in [6, 6.07) is 6.57. The van der Waals surface area contributed by atoms with Crippen molar-refractivity contribution in [3.8, 4) is 12.3 Å². The molecule has 0 saturated heterocycles. The number of nitrogens with zero attached hydrogens (tertiary/aromatic N) is 1. The van der Waals surface area contributed by atoms with Crippen LogP contribution in [0.25, 0.3) is 0 Å². The Morgan fingerprint density at radius 3 is 2.47 bits per heavy atom. The summed E-state index contributed by atoms with van der Waals surface area (Å²) in [5.41, 5.74) is 0.600. The average molecular weight is 281 g/mol. The van der Waals surface area contributed by atoms with Gasteiger partial charge >= 0.3 is 5.97 Å². The molecule has 100 valence electrons. The summed E-state index contributed by atoms with van der Waals surface area (Å²) in [6.07, 6.45) is 5.03. The SMILES string of the molecule is C#CCNC(=O)CN(CC(=O)O)c1ccc(Cl)cc1. The van der Waals surface area contributed by atoms with Crippen molar-refractivity contribution in [3.05, 3.63) is 29.3 Å². The van der Waals surface area contributed by atoms with Gasteiger partial charge in [0.25, 0.3) is 0 Å². The van der Waals surface area contributed by atoms with E-state index in [0.717, 1.165) is 0 Å². The highest BCUT2D eigenvalue weighted by molar-refractivity contribution is 6.30. The van der Waals surface area contributed by atoms with E-state index in [2.05, 4.69) is 11.2 Å². The number of halogens is 1. The van der Waals surface area contributed by atoms with Crippen molar-refractivity contribution >= 4 is 29.2 Å². The van der Waals surface area contributed by atoms with Crippen LogP contribution in [0, 0.1) is 12.3 Å². The molecule has 0 aliphatic rings. The number of aliphatic carboxylic acids is 1. The smallest absolute Gasteiger partial charge is 0.323 e. The lowest BCUT2D eigenvalue weighted by Gasteiger charge is -2.22. The van der Waals surface area contributed by atoms with Gasteiger partial charge in [-0.15, -0.1) is 6.42 Å². The maximum Gasteiger partial charge on any atom is 0.323 e. The third-order valence-electron chi connectivity index (χ3n) is 2.24. The van der Waals surface area contributed by atoms with Gasteiger partial charge in [0.1, 0.15) is 6.54 Å². The molecule has 1 amide bonds. The molecule has 6 heteroatoms. The lowest BCUT2D eigenvalue weighted by atomic mass is 10.2. The van der Waals surface area contributed by atoms with Gasteiger partial charge in [-0.2, -0.15) is 0 Å². The Labute approximate surface area is 116 Å². The monoisotopic (exact) mass is 280 g/mol. The van der Waals surface area contributed by atoms with Gasteiger partial charge in [-0.3, -0.25) is 9.59 Å². The average Bonchev–Trinajstić information content (AvgIpc) is 2.36. The van der Waals surface area contributed by atoms with Gasteiger partial charge in [-0.05, 0) is 24.3 Å². The largest absolute Gasteiger partial charge is 0.480 e. The first-order chi connectivity index (χ1) is 9.02. The second-order valence-electron chi connectivity index (χ2n) is 3.71. The molecule has 0 aromatic heterocycles. The molecule has 0 aliphatic heterocycles. The Kier molecular flexibility index (Phi) is 5.71. The Bertz CT molecular complexity index is 494. The third kappa shape index (κ3) is 5.32. The lowest BCUT2D eigenvalue weighted by molar-refractivity contribution is -0.135. The molecule has 0 fully saturated rings. The summed E-state index contributed by atoms with van der Waals surface area (Å²) in [5, 5.41) is 11.9. The highest BCUT2D eigenvalue weighted by Crippen LogP contribution is 2.17. The minimum absolute atomic E-state index is 0.0877. The Morgan fingerprint density at radius 1 is 1.32 bits per heavy atom. The zero-order chi connectivity index (χ0) is 14.3. The molecule has 0 aliphatic carbocycles. The Hall–Kier alpha value is -2.19. The van der Waals surface area contributed by atoms with Crippen molar-refractivity contribution in [2.75, 3.05) is 24.5 Å². The molecule has 0 radical (unpaired) electrons. The molecule has 0 bridgehead atoms. The molecule has 5 nitrogen and oxygen atoms in total. The summed E-state index contributed by atoms with van der Waals surface area (Å²) in [7, 11) is 0. The topological polar surface area (TPSA) is 69.6 Å². The molecular weight excluding hydrogens is 268 g/mol. The first-order valence-corrected chi connectivity index (χ1v) is 5.83. The molecular formula is C13H13ClN2O3. The van der Waals surface area contributed by atoms with Gasteiger partial charge < -0.3 is 15.3 Å². The van der Waals surface area contributed by atoms with Crippen LogP contribution in [0.3, 0.4) is 0 Å². The fraction of sp³-hybridized carbons (Fsp3) is 0.231. The van der Waals surface area contributed by atoms with E-state index >= 15 is 0 Å². The molecule has 2 N–H and O–H groups in total. The van der Waals surface area contributed by atoms with E-state index in [0.29, 0.717) is 10.7 Å². The number of carbonyl (C=O) groups excluding carboxylic acids is 1. The number of carboxylic acid groups (broad SMARTS) is 1. The molecule has 0 atom stereocenters. The Balaban J connectivity index is 2.77. The van der Waals surface area contributed by atoms with Crippen LogP contribution in [0.2, 0.25) is 5.02 Å². The van der Waals surface area contributed by atoms with Gasteiger partial charge in [0.05, 0.1) is 13.1 Å². The molecule has 0 saturated carbocycles. The predicted molar refractivity (Wildman–Crippen MR) is 73.1 cm³/mol. The molecule has 1 aromatic carbocycles. The maximum absolute atomic E-state index is 11.6. The highest BCUT2D eigenvalue weighted by Gasteiger charge is 2.14. The molecule has 1 aromatic rings. The van der Waals surface area contributed by atoms with E-state index in [1.807, 2.05) is 0 Å². The van der Waals surface area contributed by atoms with Crippen molar-refractivity contribution in [1.29, 1.82) is 0 Å². The summed E-state index contributed by atoms with van der Waals surface area (Å²) >= 11 is 5.76. The van der Waals surface area contributed by atoms with E-state index in [4.69, 9.17) is 23.1 Å². The van der Waals surface area contributed by atoms with Gasteiger partial charge in [-0.1, -0.05) is 17.5 Å². The lowest BCUT2D eigenvalue weighted by Crippen LogP contribution is -2.40. The van der Waals surface area contributed by atoms with Crippen molar-refractivity contribution < 1.29 is 14.7 Å². The number of rotatable bonds is 6. The van der Waals surface area contributed by atoms with Crippen LogP contribution in [0.15, 0.2) is 24.3 Å². The van der Waals surface area contributed by atoms with Gasteiger partial charge in [0, 0.05) is 10.7 Å². The summed E-state index contributed by atoms with van der Waals surface area (Å²) < 4.78 is 0. The van der Waals surface area contributed by atoms with Crippen LogP contribution < -0.4 is 10.2 Å². The zero-order valence-corrected chi connectivity index (χ0v) is 10.9. The number of hydrogen-bond donors (Lipinski definition) is 2. The van der Waals surface area contributed by atoms with Crippen LogP contribution in [0.1, 0.15) is 0 Å². The van der Waals surface area contributed by atoms with E-state index in [-0.39, 0.29) is 25.5 Å². The fourth-order valence-electron chi connectivity index (χ4n) is 1.43. The minimum atomic E-state index is -1.03. The standard InChI is InChI=1S/C13H13ClN2O3/c1-2-7-15-12(17)8-16(9-13(18)19)11-5-3-10(14)4-6-11/h1,3-6H,7-9H2,(H,15,17)(H,18,19). The first-order valence-electron chi connectivity index (χ1n) is 5.45. The molecule has 19 heavy (non-hydrogen) atoms. The number of carbonyl (C=O) groups is 2. The first kappa shape index (κ1) is 14.9. The van der Waals surface area contributed by atoms with Crippen LogP contribution >= 0.6 is 11.6 Å². The molecule has 0 spiro atoms. The molecule has 0 unspecified atom stereocenters. The quantitative estimate of drug-likeness (QED) is 0.762. The molecule has 1 rings (SSSR count). The summed E-state index contributed by atoms with van der Waals surface area (Å²) in [4.78, 5) is 23.8. The third-order valence-corrected chi connectivity index (χ3v) is 2.49. The van der Waals surface area contributed by atoms with Gasteiger partial charge in [0.15, 0.2) is 0 Å². The summed E-state index contributed by atoms with van der Waals surface area (Å²) in [5.74, 6) is 0.909.